The molecule has 0 radical (unpaired) electrons. The summed E-state index contributed by atoms with van der Waals surface area (Å²) in [5.74, 6) is 0.172. The first-order chi connectivity index (χ1) is 15.9. The van der Waals surface area contributed by atoms with Crippen molar-refractivity contribution in [3.05, 3.63) is 58.6 Å². The molecule has 2 aromatic carbocycles. The third kappa shape index (κ3) is 4.43. The maximum Gasteiger partial charge on any atom is 0.306 e. The first kappa shape index (κ1) is 22.1. The zero-order valence-corrected chi connectivity index (χ0v) is 18.5. The zero-order valence-electron chi connectivity index (χ0n) is 18.5. The van der Waals surface area contributed by atoms with Gasteiger partial charge in [0, 0.05) is 0 Å². The number of ether oxygens (including phenoxy) is 2. The lowest BCUT2D eigenvalue weighted by atomic mass is 9.95. The number of carbonyl (C=O) groups is 1. The van der Waals surface area contributed by atoms with Crippen LogP contribution in [-0.2, 0) is 11.2 Å². The molecule has 4 rings (SSSR count). The SMILES string of the molecule is CCOc1cc(-c2ccc(OC)c(CC(C)C(=O)O)c2)ccc1-c1nc2[nH]cnc2c(=O)[nH]1. The fourth-order valence-electron chi connectivity index (χ4n) is 3.68. The van der Waals surface area contributed by atoms with Gasteiger partial charge in [-0.2, -0.15) is 0 Å². The van der Waals surface area contributed by atoms with E-state index in [0.717, 1.165) is 16.7 Å². The van der Waals surface area contributed by atoms with Crippen molar-refractivity contribution in [3.63, 3.8) is 0 Å². The van der Waals surface area contributed by atoms with Gasteiger partial charge >= 0.3 is 5.97 Å². The Morgan fingerprint density at radius 1 is 1.15 bits per heavy atom. The average Bonchev–Trinajstić information content (AvgIpc) is 3.28. The highest BCUT2D eigenvalue weighted by atomic mass is 16.5. The van der Waals surface area contributed by atoms with Crippen molar-refractivity contribution < 1.29 is 19.4 Å². The van der Waals surface area contributed by atoms with Gasteiger partial charge in [0.15, 0.2) is 11.2 Å². The Balaban J connectivity index is 1.77. The van der Waals surface area contributed by atoms with Gasteiger partial charge in [-0.05, 0) is 54.3 Å². The summed E-state index contributed by atoms with van der Waals surface area (Å²) in [6.07, 6.45) is 1.77. The number of benzene rings is 2. The molecule has 170 valence electrons. The predicted molar refractivity (Wildman–Crippen MR) is 124 cm³/mol. The van der Waals surface area contributed by atoms with Crippen LogP contribution in [0.4, 0.5) is 0 Å². The quantitative estimate of drug-likeness (QED) is 0.375. The van der Waals surface area contributed by atoms with Crippen LogP contribution in [-0.4, -0.2) is 44.7 Å². The minimum atomic E-state index is -0.860. The van der Waals surface area contributed by atoms with Crippen LogP contribution in [0.25, 0.3) is 33.7 Å². The summed E-state index contributed by atoms with van der Waals surface area (Å²) in [7, 11) is 1.57. The van der Waals surface area contributed by atoms with E-state index in [-0.39, 0.29) is 11.1 Å². The third-order valence-electron chi connectivity index (χ3n) is 5.39. The van der Waals surface area contributed by atoms with Crippen molar-refractivity contribution in [2.75, 3.05) is 13.7 Å². The summed E-state index contributed by atoms with van der Waals surface area (Å²) in [4.78, 5) is 37.8. The zero-order chi connectivity index (χ0) is 23.5. The molecule has 0 aliphatic rings. The Kier molecular flexibility index (Phi) is 6.12. The summed E-state index contributed by atoms with van der Waals surface area (Å²) in [5, 5.41) is 9.30. The van der Waals surface area contributed by atoms with Crippen molar-refractivity contribution in [3.8, 4) is 34.0 Å². The minimum Gasteiger partial charge on any atom is -0.496 e. The van der Waals surface area contributed by atoms with Gasteiger partial charge in [-0.1, -0.05) is 19.1 Å². The Morgan fingerprint density at radius 2 is 1.91 bits per heavy atom. The molecule has 0 fully saturated rings. The molecule has 0 bridgehead atoms. The fraction of sp³-hybridized carbons (Fsp3) is 0.250. The molecule has 0 aliphatic carbocycles. The molecular formula is C24H24N4O5. The summed E-state index contributed by atoms with van der Waals surface area (Å²) in [6, 6.07) is 11.3. The van der Waals surface area contributed by atoms with Crippen molar-refractivity contribution >= 4 is 17.1 Å². The number of nitrogens with zero attached hydrogens (tertiary/aromatic N) is 2. The van der Waals surface area contributed by atoms with Crippen LogP contribution < -0.4 is 15.0 Å². The molecule has 2 heterocycles. The van der Waals surface area contributed by atoms with E-state index in [0.29, 0.717) is 41.6 Å². The molecule has 0 saturated carbocycles. The summed E-state index contributed by atoms with van der Waals surface area (Å²) in [5.41, 5.74) is 3.52. The van der Waals surface area contributed by atoms with Crippen LogP contribution in [0.2, 0.25) is 0 Å². The van der Waals surface area contributed by atoms with E-state index in [2.05, 4.69) is 19.9 Å². The number of carboxylic acid groups (broad SMARTS) is 1. The summed E-state index contributed by atoms with van der Waals surface area (Å²) >= 11 is 0. The normalized spacial score (nSPS) is 12.0. The van der Waals surface area contributed by atoms with Crippen LogP contribution in [0.1, 0.15) is 19.4 Å². The number of hydrogen-bond donors (Lipinski definition) is 3. The van der Waals surface area contributed by atoms with Crippen molar-refractivity contribution in [2.24, 2.45) is 5.92 Å². The van der Waals surface area contributed by atoms with Gasteiger partial charge in [0.1, 0.15) is 17.3 Å². The van der Waals surface area contributed by atoms with Gasteiger partial charge in [-0.3, -0.25) is 9.59 Å². The van der Waals surface area contributed by atoms with Crippen LogP contribution in [0.3, 0.4) is 0 Å². The van der Waals surface area contributed by atoms with E-state index in [1.54, 1.807) is 14.0 Å². The highest BCUT2D eigenvalue weighted by molar-refractivity contribution is 5.77. The largest absolute Gasteiger partial charge is 0.496 e. The highest BCUT2D eigenvalue weighted by Gasteiger charge is 2.17. The van der Waals surface area contributed by atoms with E-state index in [9.17, 15) is 14.7 Å². The van der Waals surface area contributed by atoms with Crippen LogP contribution >= 0.6 is 0 Å². The maximum atomic E-state index is 12.4. The molecule has 0 saturated heterocycles. The van der Waals surface area contributed by atoms with E-state index in [1.807, 2.05) is 43.3 Å². The van der Waals surface area contributed by atoms with Crippen molar-refractivity contribution in [1.29, 1.82) is 0 Å². The molecule has 2 aromatic heterocycles. The molecule has 1 unspecified atom stereocenters. The second kappa shape index (κ2) is 9.15. The second-order valence-electron chi connectivity index (χ2n) is 7.63. The Labute approximate surface area is 189 Å². The number of aromatic amines is 2. The number of imidazole rings is 1. The number of rotatable bonds is 8. The number of carboxylic acids is 1. The summed E-state index contributed by atoms with van der Waals surface area (Å²) in [6.45, 7) is 3.97. The van der Waals surface area contributed by atoms with Gasteiger partial charge in [0.05, 0.1) is 31.5 Å². The lowest BCUT2D eigenvalue weighted by Crippen LogP contribution is -2.12. The van der Waals surface area contributed by atoms with Crippen molar-refractivity contribution in [2.45, 2.75) is 20.3 Å². The van der Waals surface area contributed by atoms with Gasteiger partial charge in [0.2, 0.25) is 0 Å². The Morgan fingerprint density at radius 3 is 2.64 bits per heavy atom. The number of aliphatic carboxylic acids is 1. The predicted octanol–water partition coefficient (Wildman–Crippen LogP) is 3.65. The number of methoxy groups -OCH3 is 1. The van der Waals surface area contributed by atoms with Gasteiger partial charge in [-0.15, -0.1) is 0 Å². The fourth-order valence-corrected chi connectivity index (χ4v) is 3.68. The van der Waals surface area contributed by atoms with Crippen LogP contribution in [0.15, 0.2) is 47.5 Å². The van der Waals surface area contributed by atoms with Gasteiger partial charge in [-0.25, -0.2) is 9.97 Å². The van der Waals surface area contributed by atoms with Gasteiger partial charge in [0.25, 0.3) is 5.56 Å². The monoisotopic (exact) mass is 448 g/mol. The molecule has 33 heavy (non-hydrogen) atoms. The number of fused-ring (bicyclic) bond motifs is 1. The number of hydrogen-bond acceptors (Lipinski definition) is 6. The molecule has 3 N–H and O–H groups in total. The van der Waals surface area contributed by atoms with Gasteiger partial charge < -0.3 is 24.5 Å². The molecule has 1 atom stereocenters. The standard InChI is InChI=1S/C24H24N4O5/c1-4-33-19-11-15(14-6-8-18(32-3)16(10-14)9-13(2)24(30)31)5-7-17(19)21-27-22-20(23(29)28-21)25-12-26-22/h5-8,10-13H,4,9H2,1-3H3,(H,30,31)(H2,25,26,27,28,29). The lowest BCUT2D eigenvalue weighted by Gasteiger charge is -2.15. The second-order valence-corrected chi connectivity index (χ2v) is 7.63. The molecule has 0 spiro atoms. The molecular weight excluding hydrogens is 424 g/mol. The maximum absolute atomic E-state index is 12.4. The van der Waals surface area contributed by atoms with E-state index < -0.39 is 11.9 Å². The molecule has 0 amide bonds. The first-order valence-electron chi connectivity index (χ1n) is 10.5. The average molecular weight is 448 g/mol. The lowest BCUT2D eigenvalue weighted by molar-refractivity contribution is -0.141. The topological polar surface area (TPSA) is 130 Å². The third-order valence-corrected chi connectivity index (χ3v) is 5.39. The summed E-state index contributed by atoms with van der Waals surface area (Å²) < 4.78 is 11.3. The smallest absolute Gasteiger partial charge is 0.306 e. The molecule has 4 aromatic rings. The van der Waals surface area contributed by atoms with Crippen LogP contribution in [0.5, 0.6) is 11.5 Å². The Bertz CT molecular complexity index is 1380. The molecule has 9 nitrogen and oxygen atoms in total. The van der Waals surface area contributed by atoms with E-state index in [1.165, 1.54) is 6.33 Å². The number of H-pyrrole nitrogens is 2. The van der Waals surface area contributed by atoms with E-state index in [4.69, 9.17) is 9.47 Å². The molecule has 9 heteroatoms. The first-order valence-corrected chi connectivity index (χ1v) is 10.5. The number of aromatic nitrogens is 4. The van der Waals surface area contributed by atoms with Crippen LogP contribution in [0, 0.1) is 5.92 Å². The minimum absolute atomic E-state index is 0.245. The Hall–Kier alpha value is -4.14. The molecule has 0 aliphatic heterocycles. The van der Waals surface area contributed by atoms with Crippen molar-refractivity contribution in [1.82, 2.24) is 19.9 Å². The number of nitrogens with one attached hydrogen (secondary N) is 2. The van der Waals surface area contributed by atoms with E-state index >= 15 is 0 Å². The highest BCUT2D eigenvalue weighted by Crippen LogP contribution is 2.35.